The van der Waals surface area contributed by atoms with Crippen LogP contribution >= 0.6 is 11.8 Å². The molecule has 2 saturated heterocycles. The quantitative estimate of drug-likeness (QED) is 0.288. The predicted octanol–water partition coefficient (Wildman–Crippen LogP) is 2.77. The number of thioether (sulfide) groups is 1. The number of carbonyl (C=O) groups is 1. The van der Waals surface area contributed by atoms with Crippen molar-refractivity contribution in [2.24, 2.45) is 0 Å². The minimum absolute atomic E-state index is 0.219. The van der Waals surface area contributed by atoms with E-state index >= 15 is 0 Å². The molecule has 0 radical (unpaired) electrons. The van der Waals surface area contributed by atoms with Crippen molar-refractivity contribution in [2.75, 3.05) is 56.6 Å². The van der Waals surface area contributed by atoms with Gasteiger partial charge in [-0.05, 0) is 43.5 Å². The van der Waals surface area contributed by atoms with Gasteiger partial charge in [0.05, 0.1) is 36.2 Å². The van der Waals surface area contributed by atoms with Crippen LogP contribution in [0.1, 0.15) is 43.0 Å². The molecular formula is C26H35N7O4S2. The number of aromatic nitrogens is 4. The van der Waals surface area contributed by atoms with E-state index in [4.69, 9.17) is 14.7 Å². The molecule has 2 aromatic heterocycles. The van der Waals surface area contributed by atoms with Crippen molar-refractivity contribution in [1.29, 1.82) is 0 Å². The zero-order valence-corrected chi connectivity index (χ0v) is 23.8. The molecule has 0 aliphatic carbocycles. The fraction of sp³-hybridized carbons (Fsp3) is 0.538. The van der Waals surface area contributed by atoms with Crippen molar-refractivity contribution >= 4 is 44.5 Å². The Morgan fingerprint density at radius 2 is 1.79 bits per heavy atom. The van der Waals surface area contributed by atoms with Crippen molar-refractivity contribution in [2.45, 2.75) is 49.2 Å². The van der Waals surface area contributed by atoms with Gasteiger partial charge in [-0.1, -0.05) is 25.1 Å². The van der Waals surface area contributed by atoms with Gasteiger partial charge in [0.2, 0.25) is 10.0 Å². The molecule has 1 N–H and O–H groups in total. The van der Waals surface area contributed by atoms with E-state index in [9.17, 15) is 13.2 Å². The van der Waals surface area contributed by atoms with Crippen molar-refractivity contribution in [3.63, 3.8) is 0 Å². The Hall–Kier alpha value is -2.74. The summed E-state index contributed by atoms with van der Waals surface area (Å²) in [4.78, 5) is 24.8. The minimum Gasteiger partial charge on any atom is -0.378 e. The number of anilines is 1. The van der Waals surface area contributed by atoms with E-state index in [-0.39, 0.29) is 10.8 Å². The number of sulfonamides is 1. The second-order valence-corrected chi connectivity index (χ2v) is 12.6. The van der Waals surface area contributed by atoms with Gasteiger partial charge in [-0.2, -0.15) is 9.40 Å². The zero-order valence-electron chi connectivity index (χ0n) is 22.2. The summed E-state index contributed by atoms with van der Waals surface area (Å²) < 4.78 is 34.6. The number of morpholine rings is 1. The lowest BCUT2D eigenvalue weighted by Crippen LogP contribution is -2.37. The van der Waals surface area contributed by atoms with E-state index in [1.165, 1.54) is 16.4 Å². The maximum absolute atomic E-state index is 12.9. The number of hydrogen-bond acceptors (Lipinski definition) is 9. The molecule has 39 heavy (non-hydrogen) atoms. The van der Waals surface area contributed by atoms with Gasteiger partial charge in [-0.15, -0.1) is 0 Å². The first kappa shape index (κ1) is 27.8. The summed E-state index contributed by atoms with van der Waals surface area (Å²) in [7, 11) is -3.53. The van der Waals surface area contributed by atoms with Crippen LogP contribution in [0.15, 0.2) is 40.5 Å². The third kappa shape index (κ3) is 6.37. The van der Waals surface area contributed by atoms with Crippen molar-refractivity contribution in [3.05, 3.63) is 36.0 Å². The number of fused-ring (bicyclic) bond motifs is 1. The van der Waals surface area contributed by atoms with Crippen molar-refractivity contribution < 1.29 is 17.9 Å². The summed E-state index contributed by atoms with van der Waals surface area (Å²) >= 11 is 1.63. The topological polar surface area (TPSA) is 123 Å². The standard InChI is InChI=1S/C26H35N7O4S2/c1-2-18-38-26-29-23(31-14-16-37-17-15-31)22-19-28-33(24(22)30-26)13-10-27-25(34)20-6-8-21(9-7-20)39(35,36)32-11-4-3-5-12-32/h6-9,19H,2-5,10-18H2,1H3,(H,27,34). The summed E-state index contributed by atoms with van der Waals surface area (Å²) in [5.74, 6) is 1.53. The van der Waals surface area contributed by atoms with Gasteiger partial charge in [0, 0.05) is 44.0 Å². The highest BCUT2D eigenvalue weighted by Crippen LogP contribution is 2.28. The van der Waals surface area contributed by atoms with Crippen LogP contribution in [0.5, 0.6) is 0 Å². The molecule has 210 valence electrons. The molecule has 11 nitrogen and oxygen atoms in total. The number of rotatable bonds is 10. The Labute approximate surface area is 233 Å². The lowest BCUT2D eigenvalue weighted by molar-refractivity contribution is 0.0952. The predicted molar refractivity (Wildman–Crippen MR) is 151 cm³/mol. The molecule has 4 heterocycles. The van der Waals surface area contributed by atoms with Crippen LogP contribution in [0.4, 0.5) is 5.82 Å². The molecule has 0 saturated carbocycles. The van der Waals surface area contributed by atoms with Crippen LogP contribution in [0.2, 0.25) is 0 Å². The Morgan fingerprint density at radius 1 is 1.05 bits per heavy atom. The molecule has 3 aromatic rings. The van der Waals surface area contributed by atoms with Gasteiger partial charge < -0.3 is 15.0 Å². The van der Waals surface area contributed by atoms with Crippen molar-refractivity contribution in [1.82, 2.24) is 29.4 Å². The summed E-state index contributed by atoms with van der Waals surface area (Å²) in [5, 5.41) is 9.07. The first-order valence-electron chi connectivity index (χ1n) is 13.5. The second-order valence-electron chi connectivity index (χ2n) is 9.63. The van der Waals surface area contributed by atoms with Gasteiger partial charge in [0.1, 0.15) is 5.82 Å². The lowest BCUT2D eigenvalue weighted by atomic mass is 10.2. The minimum atomic E-state index is -3.53. The monoisotopic (exact) mass is 573 g/mol. The van der Waals surface area contributed by atoms with Crippen LogP contribution in [0, 0.1) is 0 Å². The smallest absolute Gasteiger partial charge is 0.251 e. The number of amides is 1. The fourth-order valence-corrected chi connectivity index (χ4v) is 6.97. The largest absolute Gasteiger partial charge is 0.378 e. The number of piperidine rings is 1. The average Bonchev–Trinajstić information content (AvgIpc) is 3.39. The summed E-state index contributed by atoms with van der Waals surface area (Å²) in [5.41, 5.74) is 1.15. The van der Waals surface area contributed by atoms with Gasteiger partial charge in [-0.25, -0.2) is 23.1 Å². The number of nitrogens with one attached hydrogen (secondary N) is 1. The fourth-order valence-electron chi connectivity index (χ4n) is 4.77. The SMILES string of the molecule is CCCSc1nc(N2CCOCC2)c2cnn(CCNC(=O)c3ccc(S(=O)(=O)N4CCCCC4)cc3)c2n1. The van der Waals surface area contributed by atoms with E-state index in [0.29, 0.717) is 45.0 Å². The van der Waals surface area contributed by atoms with Gasteiger partial charge >= 0.3 is 0 Å². The lowest BCUT2D eigenvalue weighted by Gasteiger charge is -2.28. The van der Waals surface area contributed by atoms with E-state index in [1.807, 2.05) is 0 Å². The third-order valence-electron chi connectivity index (χ3n) is 6.88. The molecule has 2 aliphatic rings. The molecular weight excluding hydrogens is 538 g/mol. The van der Waals surface area contributed by atoms with Gasteiger partial charge in [0.15, 0.2) is 10.8 Å². The van der Waals surface area contributed by atoms with Gasteiger partial charge in [-0.3, -0.25) is 4.79 Å². The van der Waals surface area contributed by atoms with Crippen LogP contribution in [-0.2, 0) is 21.3 Å². The first-order chi connectivity index (χ1) is 19.0. The Balaban J connectivity index is 1.25. The highest BCUT2D eigenvalue weighted by molar-refractivity contribution is 7.99. The van der Waals surface area contributed by atoms with E-state index in [1.54, 1.807) is 34.8 Å². The molecule has 1 aromatic carbocycles. The van der Waals surface area contributed by atoms with Gasteiger partial charge in [0.25, 0.3) is 5.91 Å². The summed E-state index contributed by atoms with van der Waals surface area (Å²) in [6.07, 6.45) is 5.63. The molecule has 0 unspecified atom stereocenters. The molecule has 0 spiro atoms. The molecule has 1 amide bonds. The number of ether oxygens (including phenoxy) is 1. The molecule has 2 aliphatic heterocycles. The zero-order chi connectivity index (χ0) is 27.2. The number of benzene rings is 1. The normalized spacial score (nSPS) is 17.0. The summed E-state index contributed by atoms with van der Waals surface area (Å²) in [6, 6.07) is 6.15. The summed E-state index contributed by atoms with van der Waals surface area (Å²) in [6.45, 7) is 6.86. The highest BCUT2D eigenvalue weighted by Gasteiger charge is 2.26. The number of hydrogen-bond donors (Lipinski definition) is 1. The number of carbonyl (C=O) groups excluding carboxylic acids is 1. The van der Waals surface area contributed by atoms with Crippen molar-refractivity contribution in [3.8, 4) is 0 Å². The number of nitrogens with zero attached hydrogens (tertiary/aromatic N) is 6. The third-order valence-corrected chi connectivity index (χ3v) is 9.85. The molecule has 13 heteroatoms. The van der Waals surface area contributed by atoms with E-state index in [2.05, 4.69) is 22.2 Å². The molecule has 2 fully saturated rings. The first-order valence-corrected chi connectivity index (χ1v) is 16.0. The highest BCUT2D eigenvalue weighted by atomic mass is 32.2. The Bertz CT molecular complexity index is 1380. The second kappa shape index (κ2) is 12.6. The maximum Gasteiger partial charge on any atom is 0.251 e. The molecule has 0 atom stereocenters. The molecule has 5 rings (SSSR count). The van der Waals surface area contributed by atoms with E-state index < -0.39 is 10.0 Å². The van der Waals surface area contributed by atoms with Crippen LogP contribution in [0.3, 0.4) is 0 Å². The van der Waals surface area contributed by atoms with Crippen LogP contribution in [0.25, 0.3) is 11.0 Å². The molecule has 0 bridgehead atoms. The average molecular weight is 574 g/mol. The Kier molecular flexibility index (Phi) is 9.00. The van der Waals surface area contributed by atoms with Crippen LogP contribution < -0.4 is 10.2 Å². The maximum atomic E-state index is 12.9. The Morgan fingerprint density at radius 3 is 2.51 bits per heavy atom. The van der Waals surface area contributed by atoms with E-state index in [0.717, 1.165) is 66.5 Å². The van der Waals surface area contributed by atoms with Crippen LogP contribution in [-0.4, -0.2) is 90.1 Å².